The van der Waals surface area contributed by atoms with Gasteiger partial charge >= 0.3 is 0 Å². The van der Waals surface area contributed by atoms with E-state index in [0.717, 1.165) is 0 Å². The van der Waals surface area contributed by atoms with Crippen LogP contribution in [0, 0.1) is 12.3 Å². The molecule has 15 heavy (non-hydrogen) atoms. The molecule has 78 valence electrons. The molecular formula is C14H17N. The van der Waals surface area contributed by atoms with Gasteiger partial charge in [-0.05, 0) is 30.4 Å². The van der Waals surface area contributed by atoms with Crippen LogP contribution in [0.15, 0.2) is 24.3 Å². The van der Waals surface area contributed by atoms with Gasteiger partial charge in [-0.1, -0.05) is 24.3 Å². The minimum Gasteiger partial charge on any atom is -0.326 e. The van der Waals surface area contributed by atoms with E-state index >= 15 is 0 Å². The number of benzene rings is 1. The van der Waals surface area contributed by atoms with Crippen LogP contribution in [0.2, 0.25) is 0 Å². The van der Waals surface area contributed by atoms with Crippen molar-refractivity contribution >= 4 is 0 Å². The standard InChI is InChI=1S/C14H17N/c1-2-6-14(15)13-10-5-8-11-7-3-4-9-12(11)13/h1,3-4,7,9,13-14H,5-6,8,10,15H2. The van der Waals surface area contributed by atoms with Crippen LogP contribution in [0.3, 0.4) is 0 Å². The lowest BCUT2D eigenvalue weighted by molar-refractivity contribution is 0.468. The lowest BCUT2D eigenvalue weighted by Crippen LogP contribution is -2.30. The molecule has 0 saturated carbocycles. The third-order valence-corrected chi connectivity index (χ3v) is 3.29. The fraction of sp³-hybridized carbons (Fsp3) is 0.429. The SMILES string of the molecule is C#CCC(N)C1CCCc2ccccc21. The summed E-state index contributed by atoms with van der Waals surface area (Å²) in [5.74, 6) is 3.13. The zero-order valence-electron chi connectivity index (χ0n) is 8.95. The molecule has 1 heteroatoms. The van der Waals surface area contributed by atoms with Gasteiger partial charge in [0.05, 0.1) is 0 Å². The molecule has 0 spiro atoms. The first-order valence-electron chi connectivity index (χ1n) is 5.59. The summed E-state index contributed by atoms with van der Waals surface area (Å²) in [4.78, 5) is 0. The third kappa shape index (κ3) is 2.06. The lowest BCUT2D eigenvalue weighted by Gasteiger charge is -2.29. The topological polar surface area (TPSA) is 26.0 Å². The van der Waals surface area contributed by atoms with Gasteiger partial charge in [0.15, 0.2) is 0 Å². The second-order valence-electron chi connectivity index (χ2n) is 4.27. The molecule has 1 aromatic carbocycles. The predicted molar refractivity (Wildman–Crippen MR) is 63.5 cm³/mol. The van der Waals surface area contributed by atoms with Gasteiger partial charge < -0.3 is 5.73 Å². The number of rotatable bonds is 2. The van der Waals surface area contributed by atoms with Gasteiger partial charge in [0.2, 0.25) is 0 Å². The molecule has 2 N–H and O–H groups in total. The van der Waals surface area contributed by atoms with Crippen molar-refractivity contribution < 1.29 is 0 Å². The van der Waals surface area contributed by atoms with Crippen LogP contribution in [-0.4, -0.2) is 6.04 Å². The molecule has 0 amide bonds. The van der Waals surface area contributed by atoms with Crippen molar-refractivity contribution in [3.63, 3.8) is 0 Å². The van der Waals surface area contributed by atoms with E-state index in [1.165, 1.54) is 30.4 Å². The normalized spacial score (nSPS) is 21.5. The zero-order valence-corrected chi connectivity index (χ0v) is 8.95. The number of aryl methyl sites for hydroxylation is 1. The third-order valence-electron chi connectivity index (χ3n) is 3.29. The Labute approximate surface area is 91.7 Å². The van der Waals surface area contributed by atoms with Crippen molar-refractivity contribution in [2.45, 2.75) is 37.6 Å². The highest BCUT2D eigenvalue weighted by Gasteiger charge is 2.24. The number of terminal acetylenes is 1. The predicted octanol–water partition coefficient (Wildman–Crippen LogP) is 2.46. The van der Waals surface area contributed by atoms with E-state index in [2.05, 4.69) is 30.2 Å². The Morgan fingerprint density at radius 2 is 2.27 bits per heavy atom. The largest absolute Gasteiger partial charge is 0.326 e. The summed E-state index contributed by atoms with van der Waals surface area (Å²) in [5, 5.41) is 0. The Balaban J connectivity index is 2.26. The smallest absolute Gasteiger partial charge is 0.0244 e. The van der Waals surface area contributed by atoms with Gasteiger partial charge in [-0.25, -0.2) is 0 Å². The minimum absolute atomic E-state index is 0.122. The molecule has 0 bridgehead atoms. The van der Waals surface area contributed by atoms with E-state index in [0.29, 0.717) is 12.3 Å². The molecule has 2 rings (SSSR count). The Hall–Kier alpha value is -1.26. The molecule has 0 heterocycles. The fourth-order valence-corrected chi connectivity index (χ4v) is 2.51. The van der Waals surface area contributed by atoms with Crippen molar-refractivity contribution in [2.24, 2.45) is 5.73 Å². The molecule has 0 radical (unpaired) electrons. The molecule has 0 aromatic heterocycles. The summed E-state index contributed by atoms with van der Waals surface area (Å²) in [6.45, 7) is 0. The number of hydrogen-bond acceptors (Lipinski definition) is 1. The maximum absolute atomic E-state index is 6.13. The van der Waals surface area contributed by atoms with Crippen molar-refractivity contribution in [3.8, 4) is 12.3 Å². The van der Waals surface area contributed by atoms with Crippen LogP contribution in [0.5, 0.6) is 0 Å². The molecular weight excluding hydrogens is 182 g/mol. The van der Waals surface area contributed by atoms with Crippen molar-refractivity contribution in [3.05, 3.63) is 35.4 Å². The molecule has 1 aliphatic carbocycles. The second-order valence-corrected chi connectivity index (χ2v) is 4.27. The first kappa shape index (κ1) is 10.3. The van der Waals surface area contributed by atoms with Gasteiger partial charge in [0.25, 0.3) is 0 Å². The molecule has 1 aromatic rings. The summed E-state index contributed by atoms with van der Waals surface area (Å²) in [6.07, 6.45) is 9.61. The highest BCUT2D eigenvalue weighted by Crippen LogP contribution is 2.33. The molecule has 2 unspecified atom stereocenters. The molecule has 2 atom stereocenters. The second kappa shape index (κ2) is 4.51. The molecule has 0 fully saturated rings. The average Bonchev–Trinajstić information content (AvgIpc) is 2.28. The van der Waals surface area contributed by atoms with E-state index in [9.17, 15) is 0 Å². The van der Waals surface area contributed by atoms with Crippen LogP contribution in [-0.2, 0) is 6.42 Å². The van der Waals surface area contributed by atoms with E-state index in [1.807, 2.05) is 0 Å². The fourth-order valence-electron chi connectivity index (χ4n) is 2.51. The van der Waals surface area contributed by atoms with E-state index in [4.69, 9.17) is 12.2 Å². The molecule has 0 aliphatic heterocycles. The summed E-state index contributed by atoms with van der Waals surface area (Å²) in [5.41, 5.74) is 9.01. The summed E-state index contributed by atoms with van der Waals surface area (Å²) in [6, 6.07) is 8.74. The maximum atomic E-state index is 6.13. The Morgan fingerprint density at radius 3 is 3.07 bits per heavy atom. The summed E-state index contributed by atoms with van der Waals surface area (Å²) in [7, 11) is 0. The van der Waals surface area contributed by atoms with E-state index < -0.39 is 0 Å². The van der Waals surface area contributed by atoms with Crippen molar-refractivity contribution in [1.29, 1.82) is 0 Å². The summed E-state index contributed by atoms with van der Waals surface area (Å²) < 4.78 is 0. The summed E-state index contributed by atoms with van der Waals surface area (Å²) >= 11 is 0. The number of nitrogens with two attached hydrogens (primary N) is 1. The van der Waals surface area contributed by atoms with Crippen molar-refractivity contribution in [1.82, 2.24) is 0 Å². The lowest BCUT2D eigenvalue weighted by atomic mass is 9.78. The molecule has 1 aliphatic rings. The highest BCUT2D eigenvalue weighted by molar-refractivity contribution is 5.33. The first-order valence-corrected chi connectivity index (χ1v) is 5.59. The molecule has 1 nitrogen and oxygen atoms in total. The van der Waals surface area contributed by atoms with Crippen LogP contribution in [0.1, 0.15) is 36.3 Å². The van der Waals surface area contributed by atoms with E-state index in [-0.39, 0.29) is 6.04 Å². The van der Waals surface area contributed by atoms with Gasteiger partial charge in [-0.15, -0.1) is 12.3 Å². The average molecular weight is 199 g/mol. The van der Waals surface area contributed by atoms with E-state index in [1.54, 1.807) is 0 Å². The molecule has 0 saturated heterocycles. The van der Waals surface area contributed by atoms with Crippen LogP contribution in [0.4, 0.5) is 0 Å². The van der Waals surface area contributed by atoms with Crippen LogP contribution in [0.25, 0.3) is 0 Å². The number of hydrogen-bond donors (Lipinski definition) is 1. The Morgan fingerprint density at radius 1 is 1.47 bits per heavy atom. The quantitative estimate of drug-likeness (QED) is 0.727. The first-order chi connectivity index (χ1) is 7.33. The van der Waals surface area contributed by atoms with Gasteiger partial charge in [0.1, 0.15) is 0 Å². The monoisotopic (exact) mass is 199 g/mol. The minimum atomic E-state index is 0.122. The van der Waals surface area contributed by atoms with Gasteiger partial charge in [-0.3, -0.25) is 0 Å². The Bertz CT molecular complexity index is 375. The van der Waals surface area contributed by atoms with Crippen LogP contribution >= 0.6 is 0 Å². The maximum Gasteiger partial charge on any atom is 0.0244 e. The van der Waals surface area contributed by atoms with Crippen LogP contribution < -0.4 is 5.73 Å². The Kier molecular flexibility index (Phi) is 3.08. The highest BCUT2D eigenvalue weighted by atomic mass is 14.6. The zero-order chi connectivity index (χ0) is 10.7. The van der Waals surface area contributed by atoms with Gasteiger partial charge in [-0.2, -0.15) is 0 Å². The van der Waals surface area contributed by atoms with Crippen molar-refractivity contribution in [2.75, 3.05) is 0 Å². The number of fused-ring (bicyclic) bond motifs is 1. The van der Waals surface area contributed by atoms with Gasteiger partial charge in [0, 0.05) is 18.4 Å².